The van der Waals surface area contributed by atoms with Crippen molar-refractivity contribution in [1.29, 1.82) is 10.5 Å². The number of allylic oxidation sites excluding steroid dienone is 6. The Kier molecular flexibility index (Phi) is 4.59. The number of rotatable bonds is 2. The van der Waals surface area contributed by atoms with Crippen molar-refractivity contribution in [2.24, 2.45) is 0 Å². The highest BCUT2D eigenvalue weighted by Gasteiger charge is 2.17. The first kappa shape index (κ1) is 13.2. The molecule has 0 N–H and O–H groups in total. The van der Waals surface area contributed by atoms with E-state index in [9.17, 15) is 0 Å². The molecule has 0 spiro atoms. The van der Waals surface area contributed by atoms with Crippen LogP contribution in [0.15, 0.2) is 47.9 Å². The molecule has 0 radical (unpaired) electrons. The van der Waals surface area contributed by atoms with Crippen molar-refractivity contribution < 1.29 is 0 Å². The summed E-state index contributed by atoms with van der Waals surface area (Å²) in [7, 11) is 0. The van der Waals surface area contributed by atoms with Crippen molar-refractivity contribution in [2.75, 3.05) is 0 Å². The highest BCUT2D eigenvalue weighted by atomic mass is 15.1. The zero-order valence-electron chi connectivity index (χ0n) is 10.9. The van der Waals surface area contributed by atoms with E-state index in [1.165, 1.54) is 32.1 Å². The number of hydrogen-bond donors (Lipinski definition) is 0. The summed E-state index contributed by atoms with van der Waals surface area (Å²) in [6, 6.07) is 4.33. The third-order valence-electron chi connectivity index (χ3n) is 3.56. The standard InChI is InChI=1S/C16H17N3/c17-12-15(13-18)7-6-14-8-10-19(11-9-14)16-4-2-1-3-5-16/h6-11,16H,1-5H2. The summed E-state index contributed by atoms with van der Waals surface area (Å²) in [5.41, 5.74) is 1.14. The van der Waals surface area contributed by atoms with Gasteiger partial charge in [0.25, 0.3) is 0 Å². The van der Waals surface area contributed by atoms with Gasteiger partial charge in [-0.1, -0.05) is 25.3 Å². The average Bonchev–Trinajstić information content (AvgIpc) is 2.50. The van der Waals surface area contributed by atoms with Crippen LogP contribution in [0.2, 0.25) is 0 Å². The Morgan fingerprint density at radius 2 is 1.74 bits per heavy atom. The predicted octanol–water partition coefficient (Wildman–Crippen LogP) is 3.56. The van der Waals surface area contributed by atoms with Crippen LogP contribution < -0.4 is 0 Å². The summed E-state index contributed by atoms with van der Waals surface area (Å²) in [6.45, 7) is 0. The van der Waals surface area contributed by atoms with Crippen LogP contribution in [-0.2, 0) is 0 Å². The number of hydrogen-bond acceptors (Lipinski definition) is 3. The second-order valence-electron chi connectivity index (χ2n) is 4.84. The minimum Gasteiger partial charge on any atom is -0.351 e. The monoisotopic (exact) mass is 251 g/mol. The van der Waals surface area contributed by atoms with Gasteiger partial charge in [-0.15, -0.1) is 0 Å². The Morgan fingerprint density at radius 1 is 1.11 bits per heavy atom. The zero-order chi connectivity index (χ0) is 13.5. The minimum atomic E-state index is 0.129. The molecule has 3 heteroatoms. The molecule has 0 aromatic rings. The highest BCUT2D eigenvalue weighted by molar-refractivity contribution is 5.43. The molecule has 2 aliphatic rings. The molecule has 0 bridgehead atoms. The zero-order valence-corrected chi connectivity index (χ0v) is 10.9. The fourth-order valence-corrected chi connectivity index (χ4v) is 2.46. The van der Waals surface area contributed by atoms with E-state index in [0.29, 0.717) is 6.04 Å². The molecule has 1 heterocycles. The molecule has 3 nitrogen and oxygen atoms in total. The topological polar surface area (TPSA) is 50.8 Å². The van der Waals surface area contributed by atoms with Crippen LogP contribution in [0.25, 0.3) is 0 Å². The van der Waals surface area contributed by atoms with E-state index in [4.69, 9.17) is 10.5 Å². The molecule has 0 unspecified atom stereocenters. The normalized spacial score (nSPS) is 18.6. The molecule has 1 saturated carbocycles. The van der Waals surface area contributed by atoms with Crippen LogP contribution in [-0.4, -0.2) is 10.9 Å². The van der Waals surface area contributed by atoms with E-state index >= 15 is 0 Å². The first-order valence-electron chi connectivity index (χ1n) is 6.69. The fraction of sp³-hybridized carbons (Fsp3) is 0.375. The van der Waals surface area contributed by atoms with Crippen molar-refractivity contribution in [1.82, 2.24) is 4.90 Å². The van der Waals surface area contributed by atoms with Gasteiger partial charge in [-0.25, -0.2) is 0 Å². The third-order valence-corrected chi connectivity index (χ3v) is 3.56. The molecule has 0 aromatic heterocycles. The Bertz CT molecular complexity index is 485. The van der Waals surface area contributed by atoms with Crippen LogP contribution in [0, 0.1) is 22.7 Å². The lowest BCUT2D eigenvalue weighted by atomic mass is 9.94. The second-order valence-corrected chi connectivity index (χ2v) is 4.84. The van der Waals surface area contributed by atoms with Gasteiger partial charge >= 0.3 is 0 Å². The summed E-state index contributed by atoms with van der Waals surface area (Å²) in [5.74, 6) is 0. The van der Waals surface area contributed by atoms with E-state index in [1.54, 1.807) is 12.2 Å². The van der Waals surface area contributed by atoms with Crippen LogP contribution >= 0.6 is 0 Å². The van der Waals surface area contributed by atoms with E-state index in [-0.39, 0.29) is 5.57 Å². The van der Waals surface area contributed by atoms with E-state index in [2.05, 4.69) is 17.3 Å². The first-order chi connectivity index (χ1) is 9.33. The number of nitrogens with zero attached hydrogens (tertiary/aromatic N) is 3. The van der Waals surface area contributed by atoms with Crippen molar-refractivity contribution in [3.05, 3.63) is 47.9 Å². The lowest BCUT2D eigenvalue weighted by molar-refractivity contribution is 0.276. The summed E-state index contributed by atoms with van der Waals surface area (Å²) in [6.07, 6.45) is 18.1. The Morgan fingerprint density at radius 3 is 2.32 bits per heavy atom. The molecule has 0 amide bonds. The molecule has 1 fully saturated rings. The molecule has 96 valence electrons. The maximum absolute atomic E-state index is 8.65. The van der Waals surface area contributed by atoms with Gasteiger partial charge in [0.1, 0.15) is 17.7 Å². The van der Waals surface area contributed by atoms with Crippen LogP contribution in [0.3, 0.4) is 0 Å². The minimum absolute atomic E-state index is 0.129. The van der Waals surface area contributed by atoms with Crippen LogP contribution in [0.1, 0.15) is 32.1 Å². The van der Waals surface area contributed by atoms with Gasteiger partial charge in [-0.2, -0.15) is 10.5 Å². The lowest BCUT2D eigenvalue weighted by Gasteiger charge is -2.32. The predicted molar refractivity (Wildman–Crippen MR) is 74.4 cm³/mol. The van der Waals surface area contributed by atoms with Crippen molar-refractivity contribution >= 4 is 0 Å². The van der Waals surface area contributed by atoms with Gasteiger partial charge in [-0.05, 0) is 36.6 Å². The van der Waals surface area contributed by atoms with E-state index in [1.807, 2.05) is 24.3 Å². The smallest absolute Gasteiger partial charge is 0.129 e. The SMILES string of the molecule is N#CC(C#N)=CC=C1C=CN(C2CCCCC2)C=C1. The molecule has 2 rings (SSSR count). The molecule has 1 aliphatic carbocycles. The van der Waals surface area contributed by atoms with E-state index in [0.717, 1.165) is 5.57 Å². The molecule has 1 aliphatic heterocycles. The quantitative estimate of drug-likeness (QED) is 0.705. The maximum Gasteiger partial charge on any atom is 0.129 e. The van der Waals surface area contributed by atoms with E-state index < -0.39 is 0 Å². The van der Waals surface area contributed by atoms with Crippen LogP contribution in [0.4, 0.5) is 0 Å². The molecule has 0 atom stereocenters. The molecular formula is C16H17N3. The lowest BCUT2D eigenvalue weighted by Crippen LogP contribution is -2.29. The van der Waals surface area contributed by atoms with Crippen molar-refractivity contribution in [3.63, 3.8) is 0 Å². The Balaban J connectivity index is 1.99. The van der Waals surface area contributed by atoms with Crippen molar-refractivity contribution in [2.45, 2.75) is 38.1 Å². The van der Waals surface area contributed by atoms with Gasteiger partial charge in [0, 0.05) is 18.4 Å². The summed E-state index contributed by atoms with van der Waals surface area (Å²) >= 11 is 0. The maximum atomic E-state index is 8.65. The Labute approximate surface area is 114 Å². The average molecular weight is 251 g/mol. The van der Waals surface area contributed by atoms with Crippen LogP contribution in [0.5, 0.6) is 0 Å². The molecular weight excluding hydrogens is 234 g/mol. The summed E-state index contributed by atoms with van der Waals surface area (Å²) in [5, 5.41) is 17.3. The van der Waals surface area contributed by atoms with Gasteiger partial charge < -0.3 is 4.90 Å². The first-order valence-corrected chi connectivity index (χ1v) is 6.69. The van der Waals surface area contributed by atoms with Gasteiger partial charge in [0.2, 0.25) is 0 Å². The fourth-order valence-electron chi connectivity index (χ4n) is 2.46. The number of nitriles is 2. The molecule has 0 saturated heterocycles. The Hall–Kier alpha value is -2.26. The third kappa shape index (κ3) is 3.60. The van der Waals surface area contributed by atoms with Gasteiger partial charge in [-0.3, -0.25) is 0 Å². The molecule has 19 heavy (non-hydrogen) atoms. The summed E-state index contributed by atoms with van der Waals surface area (Å²) < 4.78 is 0. The summed E-state index contributed by atoms with van der Waals surface area (Å²) in [4.78, 5) is 2.27. The molecule has 0 aromatic carbocycles. The second kappa shape index (κ2) is 6.61. The van der Waals surface area contributed by atoms with Crippen molar-refractivity contribution in [3.8, 4) is 12.1 Å². The highest BCUT2D eigenvalue weighted by Crippen LogP contribution is 2.25. The largest absolute Gasteiger partial charge is 0.351 e. The van der Waals surface area contributed by atoms with Gasteiger partial charge in [0.05, 0.1) is 0 Å². The van der Waals surface area contributed by atoms with Gasteiger partial charge in [0.15, 0.2) is 0 Å².